The van der Waals surface area contributed by atoms with Crippen molar-refractivity contribution in [2.45, 2.75) is 62.7 Å². The number of amides is 4. The average molecular weight is 675 g/mol. The number of fused-ring (bicyclic) bond motifs is 2. The highest BCUT2D eigenvalue weighted by Crippen LogP contribution is 2.20. The SMILES string of the molecule is NC(=O)CCC(NC(=O)C(N)Cc1c[nH]c2ccccc12)C(=O)NC(Cc1c[nH]c2ccccc12)C(=O)NC(CCCN=C(N)N)C(=O)O. The van der Waals surface area contributed by atoms with Crippen molar-refractivity contribution in [1.29, 1.82) is 0 Å². The van der Waals surface area contributed by atoms with Gasteiger partial charge in [-0.25, -0.2) is 4.79 Å². The molecule has 0 aliphatic carbocycles. The number of carbonyl (C=O) groups excluding carboxylic acids is 4. The third kappa shape index (κ3) is 10.0. The molecule has 4 amide bonds. The molecule has 4 atom stereocenters. The Morgan fingerprint density at radius 2 is 1.24 bits per heavy atom. The monoisotopic (exact) mass is 674 g/mol. The molecular weight excluding hydrogens is 632 g/mol. The Morgan fingerprint density at radius 3 is 1.82 bits per heavy atom. The molecule has 16 heteroatoms. The summed E-state index contributed by atoms with van der Waals surface area (Å²) in [6, 6.07) is 9.94. The number of H-pyrrole nitrogens is 2. The lowest BCUT2D eigenvalue weighted by molar-refractivity contribution is -0.142. The van der Waals surface area contributed by atoms with Gasteiger partial charge in [-0.05, 0) is 48.9 Å². The zero-order valence-corrected chi connectivity index (χ0v) is 26.8. The quantitative estimate of drug-likeness (QED) is 0.0373. The van der Waals surface area contributed by atoms with Crippen LogP contribution in [0.15, 0.2) is 65.9 Å². The largest absolute Gasteiger partial charge is 0.480 e. The third-order valence-corrected chi connectivity index (χ3v) is 8.06. The summed E-state index contributed by atoms with van der Waals surface area (Å²) in [7, 11) is 0. The predicted molar refractivity (Wildman–Crippen MR) is 184 cm³/mol. The van der Waals surface area contributed by atoms with E-state index in [-0.39, 0.29) is 51.0 Å². The Hall–Kier alpha value is -5.90. The number of hydrogen-bond donors (Lipinski definition) is 10. The van der Waals surface area contributed by atoms with Gasteiger partial charge in [0.25, 0.3) is 0 Å². The molecule has 14 N–H and O–H groups in total. The number of hydrogen-bond acceptors (Lipinski definition) is 7. The van der Waals surface area contributed by atoms with Crippen molar-refractivity contribution in [3.05, 3.63) is 72.1 Å². The van der Waals surface area contributed by atoms with Gasteiger partial charge in [-0.1, -0.05) is 36.4 Å². The van der Waals surface area contributed by atoms with Gasteiger partial charge in [0.05, 0.1) is 6.04 Å². The minimum absolute atomic E-state index is 0.0111. The van der Waals surface area contributed by atoms with E-state index in [4.69, 9.17) is 22.9 Å². The summed E-state index contributed by atoms with van der Waals surface area (Å²) >= 11 is 0. The maximum absolute atomic E-state index is 13.7. The van der Waals surface area contributed by atoms with Crippen molar-refractivity contribution in [3.8, 4) is 0 Å². The topological polar surface area (TPSA) is 290 Å². The van der Waals surface area contributed by atoms with E-state index in [1.165, 1.54) is 0 Å². The number of carbonyl (C=O) groups is 5. The lowest BCUT2D eigenvalue weighted by atomic mass is 10.0. The molecule has 2 heterocycles. The molecular formula is C33H42N10O6. The van der Waals surface area contributed by atoms with Crippen LogP contribution in [0.5, 0.6) is 0 Å². The molecule has 0 bridgehead atoms. The molecule has 4 rings (SSSR count). The Morgan fingerprint density at radius 1 is 0.714 bits per heavy atom. The number of aromatic amines is 2. The molecule has 49 heavy (non-hydrogen) atoms. The first-order chi connectivity index (χ1) is 23.4. The van der Waals surface area contributed by atoms with Crippen molar-refractivity contribution >= 4 is 57.4 Å². The molecule has 4 aromatic rings. The van der Waals surface area contributed by atoms with E-state index in [1.807, 2.05) is 48.5 Å². The van der Waals surface area contributed by atoms with E-state index in [0.29, 0.717) is 5.56 Å². The highest BCUT2D eigenvalue weighted by atomic mass is 16.4. The van der Waals surface area contributed by atoms with Gasteiger partial charge in [0.15, 0.2) is 5.96 Å². The van der Waals surface area contributed by atoms with Crippen molar-refractivity contribution in [3.63, 3.8) is 0 Å². The average Bonchev–Trinajstić information content (AvgIpc) is 3.67. The number of aromatic nitrogens is 2. The molecule has 0 radical (unpaired) electrons. The van der Waals surface area contributed by atoms with E-state index >= 15 is 0 Å². The van der Waals surface area contributed by atoms with Gasteiger partial charge in [-0.15, -0.1) is 0 Å². The minimum atomic E-state index is -1.31. The van der Waals surface area contributed by atoms with Gasteiger partial charge in [0, 0.05) is 53.6 Å². The highest BCUT2D eigenvalue weighted by Gasteiger charge is 2.31. The standard InChI is InChI=1S/C33H42N10O6/c34-22(14-18-16-39-23-8-3-1-6-20(18)23)29(45)41-25(11-12-28(35)44)30(46)43-27(15-19-17-40-24-9-4-2-7-21(19)24)31(47)42-26(32(48)49)10-5-13-38-33(36)37/h1-4,6-9,16-17,22,25-27,39-40H,5,10-15,34H2,(H2,35,44)(H,41,45)(H,42,47)(H,43,46)(H,48,49)(H4,36,37,38). The van der Waals surface area contributed by atoms with Crippen molar-refractivity contribution < 1.29 is 29.1 Å². The number of nitrogens with two attached hydrogens (primary N) is 4. The second-order valence-corrected chi connectivity index (χ2v) is 11.7. The number of guanidine groups is 1. The van der Waals surface area contributed by atoms with Crippen LogP contribution >= 0.6 is 0 Å². The first kappa shape index (κ1) is 35.9. The lowest BCUT2D eigenvalue weighted by Crippen LogP contribution is -2.57. The lowest BCUT2D eigenvalue weighted by Gasteiger charge is -2.25. The first-order valence-corrected chi connectivity index (χ1v) is 15.8. The number of para-hydroxylation sites is 2. The van der Waals surface area contributed by atoms with E-state index in [9.17, 15) is 29.1 Å². The predicted octanol–water partition coefficient (Wildman–Crippen LogP) is -0.380. The van der Waals surface area contributed by atoms with E-state index in [2.05, 4.69) is 30.9 Å². The summed E-state index contributed by atoms with van der Waals surface area (Å²) in [5.74, 6) is -4.34. The number of rotatable bonds is 18. The summed E-state index contributed by atoms with van der Waals surface area (Å²) in [5, 5.41) is 19.3. The van der Waals surface area contributed by atoms with Crippen molar-refractivity contribution in [1.82, 2.24) is 25.9 Å². The minimum Gasteiger partial charge on any atom is -0.480 e. The molecule has 0 aliphatic rings. The maximum Gasteiger partial charge on any atom is 0.326 e. The Balaban J connectivity index is 1.53. The molecule has 2 aromatic carbocycles. The van der Waals surface area contributed by atoms with Gasteiger partial charge in [0.1, 0.15) is 18.1 Å². The summed E-state index contributed by atoms with van der Waals surface area (Å²) in [4.78, 5) is 74.4. The number of benzene rings is 2. The van der Waals surface area contributed by atoms with Crippen LogP contribution < -0.4 is 38.9 Å². The van der Waals surface area contributed by atoms with Gasteiger partial charge in [-0.3, -0.25) is 24.2 Å². The fraction of sp³-hybridized carbons (Fsp3) is 0.333. The Kier molecular flexibility index (Phi) is 12.3. The van der Waals surface area contributed by atoms with Crippen molar-refractivity contribution in [2.75, 3.05) is 6.54 Å². The molecule has 0 fully saturated rings. The van der Waals surface area contributed by atoms with E-state index in [0.717, 1.165) is 27.4 Å². The van der Waals surface area contributed by atoms with Crippen molar-refractivity contribution in [2.24, 2.45) is 27.9 Å². The summed E-state index contributed by atoms with van der Waals surface area (Å²) in [6.07, 6.45) is 3.43. The molecule has 0 saturated carbocycles. The number of carboxylic acids is 1. The van der Waals surface area contributed by atoms with Gasteiger partial charge in [0.2, 0.25) is 23.6 Å². The number of carboxylic acid groups (broad SMARTS) is 1. The molecule has 4 unspecified atom stereocenters. The van der Waals surface area contributed by atoms with Gasteiger partial charge in [-0.2, -0.15) is 0 Å². The number of aliphatic carboxylic acids is 1. The van der Waals surface area contributed by atoms with E-state index in [1.54, 1.807) is 12.4 Å². The smallest absolute Gasteiger partial charge is 0.326 e. The summed E-state index contributed by atoms with van der Waals surface area (Å²) < 4.78 is 0. The molecule has 260 valence electrons. The van der Waals surface area contributed by atoms with Crippen LogP contribution in [0.2, 0.25) is 0 Å². The highest BCUT2D eigenvalue weighted by molar-refractivity contribution is 5.95. The Labute approximate surface area is 281 Å². The Bertz CT molecular complexity index is 1830. The van der Waals surface area contributed by atoms with E-state index < -0.39 is 53.8 Å². The van der Waals surface area contributed by atoms with Crippen LogP contribution in [0.1, 0.15) is 36.8 Å². The molecule has 0 saturated heterocycles. The van der Waals surface area contributed by atoms with Gasteiger partial charge >= 0.3 is 5.97 Å². The molecule has 2 aromatic heterocycles. The summed E-state index contributed by atoms with van der Waals surface area (Å²) in [6.45, 7) is 0.154. The van der Waals surface area contributed by atoms with Crippen LogP contribution in [0, 0.1) is 0 Å². The molecule has 0 aliphatic heterocycles. The fourth-order valence-electron chi connectivity index (χ4n) is 5.50. The molecule has 16 nitrogen and oxygen atoms in total. The second kappa shape index (κ2) is 16.8. The number of nitrogens with zero attached hydrogens (tertiary/aromatic N) is 1. The number of aliphatic imine (C=N–C) groups is 1. The van der Waals surface area contributed by atoms with Crippen LogP contribution in [0.25, 0.3) is 21.8 Å². The molecule has 0 spiro atoms. The number of nitrogens with one attached hydrogen (secondary N) is 5. The summed E-state index contributed by atoms with van der Waals surface area (Å²) in [5.41, 5.74) is 25.4. The van der Waals surface area contributed by atoms with Crippen LogP contribution in [0.3, 0.4) is 0 Å². The first-order valence-electron chi connectivity index (χ1n) is 15.8. The third-order valence-electron chi connectivity index (χ3n) is 8.06. The fourth-order valence-corrected chi connectivity index (χ4v) is 5.50. The zero-order chi connectivity index (χ0) is 35.5. The zero-order valence-electron chi connectivity index (χ0n) is 26.8. The number of primary amides is 1. The van der Waals surface area contributed by atoms with Crippen LogP contribution in [-0.2, 0) is 36.8 Å². The second-order valence-electron chi connectivity index (χ2n) is 11.7. The van der Waals surface area contributed by atoms with Crippen LogP contribution in [-0.4, -0.2) is 81.3 Å². The van der Waals surface area contributed by atoms with Gasteiger partial charge < -0.3 is 54.0 Å². The normalized spacial score (nSPS) is 13.6. The maximum atomic E-state index is 13.7. The van der Waals surface area contributed by atoms with Crippen LogP contribution in [0.4, 0.5) is 0 Å².